The molecule has 0 aliphatic carbocycles. The van der Waals surface area contributed by atoms with Crippen LogP contribution in [-0.2, 0) is 12.8 Å². The summed E-state index contributed by atoms with van der Waals surface area (Å²) in [7, 11) is 0. The molecular weight excluding hydrogens is 346 g/mol. The number of unbranched alkanes of at least 4 members (excludes halogenated alkanes) is 3. The smallest absolute Gasteiger partial charge is 0.123 e. The first-order chi connectivity index (χ1) is 13.4. The van der Waals surface area contributed by atoms with Crippen molar-refractivity contribution >= 4 is 0 Å². The van der Waals surface area contributed by atoms with Gasteiger partial charge in [-0.05, 0) is 53.9 Å². The average molecular weight is 384 g/mol. The summed E-state index contributed by atoms with van der Waals surface area (Å²) >= 11 is 0. The van der Waals surface area contributed by atoms with Crippen molar-refractivity contribution in [3.8, 4) is 16.9 Å². The fraction of sp³-hybridized carbons (Fsp3) is 0.560. The molecule has 28 heavy (non-hydrogen) atoms. The Balaban J connectivity index is 2.77. The molecular formula is C25H37NO2. The summed E-state index contributed by atoms with van der Waals surface area (Å²) in [5, 5.41) is 20.5. The Kier molecular flexibility index (Phi) is 8.50. The molecule has 0 aliphatic heterocycles. The van der Waals surface area contributed by atoms with Crippen molar-refractivity contribution in [3.63, 3.8) is 0 Å². The van der Waals surface area contributed by atoms with Gasteiger partial charge in [0.2, 0.25) is 0 Å². The summed E-state index contributed by atoms with van der Waals surface area (Å²) < 4.78 is 0. The molecule has 1 aromatic carbocycles. The van der Waals surface area contributed by atoms with Crippen molar-refractivity contribution in [2.45, 2.75) is 85.0 Å². The van der Waals surface area contributed by atoms with Crippen LogP contribution in [0.1, 0.15) is 94.7 Å². The molecule has 0 saturated carbocycles. The predicted molar refractivity (Wildman–Crippen MR) is 118 cm³/mol. The van der Waals surface area contributed by atoms with Crippen molar-refractivity contribution in [2.75, 3.05) is 6.61 Å². The molecule has 3 heteroatoms. The van der Waals surface area contributed by atoms with E-state index in [1.807, 2.05) is 18.2 Å². The molecule has 1 heterocycles. The molecule has 0 radical (unpaired) electrons. The second kappa shape index (κ2) is 10.6. The number of hydrogen-bond donors (Lipinski definition) is 2. The van der Waals surface area contributed by atoms with E-state index in [1.165, 1.54) is 24.8 Å². The van der Waals surface area contributed by atoms with E-state index in [0.717, 1.165) is 40.9 Å². The minimum atomic E-state index is 0.0816. The molecule has 154 valence electrons. The van der Waals surface area contributed by atoms with Gasteiger partial charge in [0.25, 0.3) is 0 Å². The van der Waals surface area contributed by atoms with Crippen molar-refractivity contribution in [2.24, 2.45) is 0 Å². The number of aliphatic hydroxyl groups is 1. The maximum atomic E-state index is 10.7. The first kappa shape index (κ1) is 22.4. The number of hydrogen-bond acceptors (Lipinski definition) is 3. The van der Waals surface area contributed by atoms with Gasteiger partial charge >= 0.3 is 0 Å². The van der Waals surface area contributed by atoms with Crippen LogP contribution in [0, 0.1) is 0 Å². The van der Waals surface area contributed by atoms with E-state index in [2.05, 4.69) is 34.6 Å². The summed E-state index contributed by atoms with van der Waals surface area (Å²) in [6.07, 6.45) is 6.30. The van der Waals surface area contributed by atoms with E-state index in [9.17, 15) is 10.2 Å². The molecule has 2 rings (SSSR count). The number of phenolic OH excluding ortho intramolecular Hbond substituents is 1. The number of rotatable bonds is 10. The lowest BCUT2D eigenvalue weighted by Gasteiger charge is -2.25. The summed E-state index contributed by atoms with van der Waals surface area (Å²) in [5.41, 5.74) is 6.50. The number of aromatic nitrogens is 1. The van der Waals surface area contributed by atoms with Crippen LogP contribution >= 0.6 is 0 Å². The molecule has 0 spiro atoms. The average Bonchev–Trinajstić information content (AvgIpc) is 2.65. The summed E-state index contributed by atoms with van der Waals surface area (Å²) in [4.78, 5) is 5.11. The van der Waals surface area contributed by atoms with Crippen LogP contribution in [0.15, 0.2) is 24.3 Å². The number of benzene rings is 1. The number of phenols is 1. The van der Waals surface area contributed by atoms with E-state index in [4.69, 9.17) is 4.98 Å². The summed E-state index contributed by atoms with van der Waals surface area (Å²) in [6, 6.07) is 7.58. The monoisotopic (exact) mass is 383 g/mol. The largest absolute Gasteiger partial charge is 0.507 e. The highest BCUT2D eigenvalue weighted by Crippen LogP contribution is 2.40. The highest BCUT2D eigenvalue weighted by molar-refractivity contribution is 5.77. The summed E-state index contributed by atoms with van der Waals surface area (Å²) in [5.74, 6) is 0.872. The van der Waals surface area contributed by atoms with E-state index >= 15 is 0 Å². The molecule has 0 atom stereocenters. The summed E-state index contributed by atoms with van der Waals surface area (Å²) in [6.45, 7) is 11.0. The standard InChI is InChI=1S/C25H37NO2/c1-6-7-8-9-13-20-23(19-12-10-11-14-22(19)28)21(15-16-27)25(18(4)5)26-24(20)17(2)3/h10-12,14,17-18,27-28H,6-9,13,15-16H2,1-5H3. The number of nitrogens with zero attached hydrogens (tertiary/aromatic N) is 1. The lowest BCUT2D eigenvalue weighted by molar-refractivity contribution is 0.299. The van der Waals surface area contributed by atoms with Crippen LogP contribution in [0.4, 0.5) is 0 Å². The zero-order valence-corrected chi connectivity index (χ0v) is 18.3. The number of aromatic hydroxyl groups is 1. The second-order valence-corrected chi connectivity index (χ2v) is 8.33. The number of para-hydroxylation sites is 1. The van der Waals surface area contributed by atoms with Crippen LogP contribution < -0.4 is 0 Å². The third kappa shape index (κ3) is 5.14. The van der Waals surface area contributed by atoms with Crippen LogP contribution in [0.25, 0.3) is 11.1 Å². The number of pyridine rings is 1. The Morgan fingerprint density at radius 3 is 2.00 bits per heavy atom. The van der Waals surface area contributed by atoms with Gasteiger partial charge < -0.3 is 10.2 Å². The molecule has 0 fully saturated rings. The van der Waals surface area contributed by atoms with Gasteiger partial charge in [-0.25, -0.2) is 0 Å². The first-order valence-corrected chi connectivity index (χ1v) is 10.9. The molecule has 0 bridgehead atoms. The van der Waals surface area contributed by atoms with E-state index in [1.54, 1.807) is 6.07 Å². The molecule has 1 aromatic heterocycles. The van der Waals surface area contributed by atoms with E-state index < -0.39 is 0 Å². The first-order valence-electron chi connectivity index (χ1n) is 10.9. The fourth-order valence-corrected chi connectivity index (χ4v) is 4.01. The number of aliphatic hydroxyl groups excluding tert-OH is 1. The molecule has 0 saturated heterocycles. The van der Waals surface area contributed by atoms with Gasteiger partial charge in [0.1, 0.15) is 5.75 Å². The molecule has 0 aliphatic rings. The van der Waals surface area contributed by atoms with Crippen molar-refractivity contribution in [1.29, 1.82) is 0 Å². The Labute approximate surface area is 170 Å². The van der Waals surface area contributed by atoms with Gasteiger partial charge in [0, 0.05) is 23.6 Å². The van der Waals surface area contributed by atoms with Gasteiger partial charge in [-0.15, -0.1) is 0 Å². The van der Waals surface area contributed by atoms with Gasteiger partial charge in [0.05, 0.1) is 0 Å². The van der Waals surface area contributed by atoms with Gasteiger partial charge in [0.15, 0.2) is 0 Å². The van der Waals surface area contributed by atoms with Gasteiger partial charge in [-0.2, -0.15) is 0 Å². The Morgan fingerprint density at radius 2 is 1.46 bits per heavy atom. The van der Waals surface area contributed by atoms with Crippen LogP contribution in [0.3, 0.4) is 0 Å². The molecule has 2 aromatic rings. The van der Waals surface area contributed by atoms with Crippen molar-refractivity contribution in [3.05, 3.63) is 46.8 Å². The lowest BCUT2D eigenvalue weighted by atomic mass is 9.84. The zero-order valence-electron chi connectivity index (χ0n) is 18.3. The van der Waals surface area contributed by atoms with Crippen molar-refractivity contribution < 1.29 is 10.2 Å². The third-order valence-corrected chi connectivity index (χ3v) is 5.37. The SMILES string of the molecule is CCCCCCc1c(C(C)C)nc(C(C)C)c(CCO)c1-c1ccccc1O. The molecule has 0 amide bonds. The maximum absolute atomic E-state index is 10.7. The maximum Gasteiger partial charge on any atom is 0.123 e. The quantitative estimate of drug-likeness (QED) is 0.469. The van der Waals surface area contributed by atoms with Crippen LogP contribution in [-0.4, -0.2) is 21.8 Å². The lowest BCUT2D eigenvalue weighted by Crippen LogP contribution is -2.13. The van der Waals surface area contributed by atoms with E-state index in [0.29, 0.717) is 18.1 Å². The Bertz CT molecular complexity index is 765. The third-order valence-electron chi connectivity index (χ3n) is 5.37. The predicted octanol–water partition coefficient (Wildman–Crippen LogP) is 6.36. The van der Waals surface area contributed by atoms with Crippen LogP contribution in [0.2, 0.25) is 0 Å². The second-order valence-electron chi connectivity index (χ2n) is 8.33. The molecule has 3 nitrogen and oxygen atoms in total. The minimum Gasteiger partial charge on any atom is -0.507 e. The zero-order chi connectivity index (χ0) is 20.7. The topological polar surface area (TPSA) is 53.4 Å². The Hall–Kier alpha value is -1.87. The van der Waals surface area contributed by atoms with Gasteiger partial charge in [-0.1, -0.05) is 72.1 Å². The van der Waals surface area contributed by atoms with E-state index in [-0.39, 0.29) is 12.5 Å². The van der Waals surface area contributed by atoms with Crippen LogP contribution in [0.5, 0.6) is 5.75 Å². The highest BCUT2D eigenvalue weighted by Gasteiger charge is 2.24. The Morgan fingerprint density at radius 1 is 0.857 bits per heavy atom. The fourth-order valence-electron chi connectivity index (χ4n) is 4.01. The van der Waals surface area contributed by atoms with Crippen molar-refractivity contribution in [1.82, 2.24) is 4.98 Å². The molecule has 0 unspecified atom stereocenters. The van der Waals surface area contributed by atoms with Gasteiger partial charge in [-0.3, -0.25) is 4.98 Å². The highest BCUT2D eigenvalue weighted by atomic mass is 16.3. The normalized spacial score (nSPS) is 11.6. The molecule has 2 N–H and O–H groups in total. The minimum absolute atomic E-state index is 0.0816.